The molecule has 4 heteroatoms. The zero-order valence-corrected chi connectivity index (χ0v) is 14.1. The highest BCUT2D eigenvalue weighted by atomic mass is 16.5. The van der Waals surface area contributed by atoms with Crippen molar-refractivity contribution in [3.8, 4) is 0 Å². The molecule has 1 aliphatic heterocycles. The molecule has 0 atom stereocenters. The van der Waals surface area contributed by atoms with E-state index < -0.39 is 0 Å². The number of nitrogens with zero attached hydrogens (tertiary/aromatic N) is 2. The van der Waals surface area contributed by atoms with Gasteiger partial charge in [-0.15, -0.1) is 0 Å². The summed E-state index contributed by atoms with van der Waals surface area (Å²) in [6, 6.07) is 10.5. The van der Waals surface area contributed by atoms with Gasteiger partial charge in [0.1, 0.15) is 5.69 Å². The van der Waals surface area contributed by atoms with Gasteiger partial charge in [0, 0.05) is 25.3 Å². The third kappa shape index (κ3) is 3.17. The minimum absolute atomic E-state index is 0.118. The van der Waals surface area contributed by atoms with Gasteiger partial charge in [0.05, 0.1) is 13.2 Å². The average Bonchev–Trinajstić information content (AvgIpc) is 2.83. The van der Waals surface area contributed by atoms with Crippen LogP contribution in [0.5, 0.6) is 0 Å². The zero-order valence-electron chi connectivity index (χ0n) is 14.1. The lowest BCUT2D eigenvalue weighted by Crippen LogP contribution is -2.41. The summed E-state index contributed by atoms with van der Waals surface area (Å²) in [5.41, 5.74) is 5.49. The number of rotatable bonds is 3. The fraction of sp³-hybridized carbons (Fsp3) is 0.421. The normalized spacial score (nSPS) is 15.0. The maximum Gasteiger partial charge on any atom is 0.270 e. The highest BCUT2D eigenvalue weighted by Gasteiger charge is 2.24. The van der Waals surface area contributed by atoms with Gasteiger partial charge in [0.25, 0.3) is 5.91 Å². The predicted octanol–water partition coefficient (Wildman–Crippen LogP) is 2.93. The molecule has 23 heavy (non-hydrogen) atoms. The second kappa shape index (κ2) is 6.59. The van der Waals surface area contributed by atoms with E-state index in [1.165, 1.54) is 11.1 Å². The molecule has 0 radical (unpaired) electrons. The Morgan fingerprint density at radius 1 is 1.09 bits per heavy atom. The monoisotopic (exact) mass is 312 g/mol. The van der Waals surface area contributed by atoms with E-state index in [0.29, 0.717) is 26.3 Å². The molecule has 0 aliphatic carbocycles. The van der Waals surface area contributed by atoms with Crippen LogP contribution in [0.4, 0.5) is 0 Å². The summed E-state index contributed by atoms with van der Waals surface area (Å²) >= 11 is 0. The van der Waals surface area contributed by atoms with E-state index in [0.717, 1.165) is 23.5 Å². The standard InChI is InChI=1S/C19H24N2O2/c1-14-6-4-5-7-17(14)13-21-16(3)12-15(2)18(21)19(22)20-8-10-23-11-9-20/h4-7,12H,8-11,13H2,1-3H3. The first-order chi connectivity index (χ1) is 11.1. The number of aromatic nitrogens is 1. The maximum atomic E-state index is 13.0. The topological polar surface area (TPSA) is 34.5 Å². The second-order valence-corrected chi connectivity index (χ2v) is 6.23. The summed E-state index contributed by atoms with van der Waals surface area (Å²) in [5, 5.41) is 0. The average molecular weight is 312 g/mol. The van der Waals surface area contributed by atoms with Crippen LogP contribution in [-0.2, 0) is 11.3 Å². The van der Waals surface area contributed by atoms with Crippen LogP contribution in [0, 0.1) is 20.8 Å². The summed E-state index contributed by atoms with van der Waals surface area (Å²) in [6.45, 7) is 9.54. The summed E-state index contributed by atoms with van der Waals surface area (Å²) in [6.07, 6.45) is 0. The van der Waals surface area contributed by atoms with Crippen LogP contribution in [0.3, 0.4) is 0 Å². The molecule has 3 rings (SSSR count). The molecule has 4 nitrogen and oxygen atoms in total. The van der Waals surface area contributed by atoms with Crippen LogP contribution in [0.25, 0.3) is 0 Å². The van der Waals surface area contributed by atoms with E-state index in [1.54, 1.807) is 0 Å². The van der Waals surface area contributed by atoms with Crippen molar-refractivity contribution in [2.45, 2.75) is 27.3 Å². The van der Waals surface area contributed by atoms with E-state index in [4.69, 9.17) is 4.74 Å². The number of amides is 1. The maximum absolute atomic E-state index is 13.0. The largest absolute Gasteiger partial charge is 0.378 e. The highest BCUT2D eigenvalue weighted by molar-refractivity contribution is 5.94. The molecule has 2 aromatic rings. The highest BCUT2D eigenvalue weighted by Crippen LogP contribution is 2.21. The lowest BCUT2D eigenvalue weighted by Gasteiger charge is -2.28. The number of ether oxygens (including phenoxy) is 1. The number of benzene rings is 1. The van der Waals surface area contributed by atoms with E-state index in [1.807, 2.05) is 17.9 Å². The number of aryl methyl sites for hydroxylation is 3. The Bertz CT molecular complexity index is 712. The fourth-order valence-electron chi connectivity index (χ4n) is 3.21. The van der Waals surface area contributed by atoms with Gasteiger partial charge < -0.3 is 14.2 Å². The molecule has 1 aromatic carbocycles. The summed E-state index contributed by atoms with van der Waals surface area (Å²) < 4.78 is 7.51. The molecule has 2 heterocycles. The predicted molar refractivity (Wildman–Crippen MR) is 90.9 cm³/mol. The van der Waals surface area contributed by atoms with Crippen molar-refractivity contribution in [2.24, 2.45) is 0 Å². The Labute approximate surface area is 137 Å². The Kier molecular flexibility index (Phi) is 4.53. The number of morpholine rings is 1. The second-order valence-electron chi connectivity index (χ2n) is 6.23. The molecule has 0 bridgehead atoms. The zero-order chi connectivity index (χ0) is 16.4. The van der Waals surface area contributed by atoms with Gasteiger partial charge in [0.2, 0.25) is 0 Å². The van der Waals surface area contributed by atoms with Crippen molar-refractivity contribution in [3.63, 3.8) is 0 Å². The molecule has 0 spiro atoms. The van der Waals surface area contributed by atoms with Crippen LogP contribution >= 0.6 is 0 Å². The van der Waals surface area contributed by atoms with Crippen LogP contribution < -0.4 is 0 Å². The SMILES string of the molecule is Cc1ccccc1Cn1c(C)cc(C)c1C(=O)N1CCOCC1. The molecule has 1 saturated heterocycles. The first-order valence-corrected chi connectivity index (χ1v) is 8.16. The molecule has 0 saturated carbocycles. The third-order valence-corrected chi connectivity index (χ3v) is 4.59. The molecule has 0 N–H and O–H groups in total. The lowest BCUT2D eigenvalue weighted by molar-refractivity contribution is 0.0295. The lowest BCUT2D eigenvalue weighted by atomic mass is 10.1. The van der Waals surface area contributed by atoms with Crippen LogP contribution in [0.1, 0.15) is 32.9 Å². The minimum atomic E-state index is 0.118. The Balaban J connectivity index is 1.94. The molecule has 0 unspecified atom stereocenters. The molecule has 1 fully saturated rings. The van der Waals surface area contributed by atoms with Gasteiger partial charge in [-0.25, -0.2) is 0 Å². The molecule has 1 amide bonds. The van der Waals surface area contributed by atoms with Crippen molar-refractivity contribution in [1.29, 1.82) is 0 Å². The first-order valence-electron chi connectivity index (χ1n) is 8.16. The van der Waals surface area contributed by atoms with Crippen molar-refractivity contribution < 1.29 is 9.53 Å². The van der Waals surface area contributed by atoms with E-state index in [2.05, 4.69) is 42.7 Å². The van der Waals surface area contributed by atoms with Gasteiger partial charge >= 0.3 is 0 Å². The quantitative estimate of drug-likeness (QED) is 0.873. The number of carbonyl (C=O) groups is 1. The van der Waals surface area contributed by atoms with Crippen molar-refractivity contribution in [1.82, 2.24) is 9.47 Å². The first kappa shape index (κ1) is 15.8. The molecule has 122 valence electrons. The number of hydrogen-bond acceptors (Lipinski definition) is 2. The van der Waals surface area contributed by atoms with Crippen LogP contribution in [0.15, 0.2) is 30.3 Å². The minimum Gasteiger partial charge on any atom is -0.378 e. The molecular weight excluding hydrogens is 288 g/mol. The van der Waals surface area contributed by atoms with E-state index >= 15 is 0 Å². The van der Waals surface area contributed by atoms with Gasteiger partial charge in [0.15, 0.2) is 0 Å². The number of carbonyl (C=O) groups excluding carboxylic acids is 1. The van der Waals surface area contributed by atoms with Crippen molar-refractivity contribution in [3.05, 3.63) is 58.4 Å². The summed E-state index contributed by atoms with van der Waals surface area (Å²) in [5.74, 6) is 0.118. The molecule has 1 aliphatic rings. The van der Waals surface area contributed by atoms with E-state index in [9.17, 15) is 4.79 Å². The third-order valence-electron chi connectivity index (χ3n) is 4.59. The van der Waals surface area contributed by atoms with E-state index in [-0.39, 0.29) is 5.91 Å². The summed E-state index contributed by atoms with van der Waals surface area (Å²) in [4.78, 5) is 14.9. The van der Waals surface area contributed by atoms with Crippen molar-refractivity contribution >= 4 is 5.91 Å². The summed E-state index contributed by atoms with van der Waals surface area (Å²) in [7, 11) is 0. The smallest absolute Gasteiger partial charge is 0.270 e. The Morgan fingerprint density at radius 3 is 2.48 bits per heavy atom. The van der Waals surface area contributed by atoms with Gasteiger partial charge in [-0.1, -0.05) is 24.3 Å². The van der Waals surface area contributed by atoms with Gasteiger partial charge in [-0.2, -0.15) is 0 Å². The van der Waals surface area contributed by atoms with Gasteiger partial charge in [-0.3, -0.25) is 4.79 Å². The molecule has 1 aromatic heterocycles. The number of hydrogen-bond donors (Lipinski definition) is 0. The Morgan fingerprint density at radius 2 is 1.78 bits per heavy atom. The molecular formula is C19H24N2O2. The van der Waals surface area contributed by atoms with Crippen LogP contribution in [0.2, 0.25) is 0 Å². The fourth-order valence-corrected chi connectivity index (χ4v) is 3.21. The van der Waals surface area contributed by atoms with Crippen molar-refractivity contribution in [2.75, 3.05) is 26.3 Å². The Hall–Kier alpha value is -2.07. The van der Waals surface area contributed by atoms with Crippen LogP contribution in [-0.4, -0.2) is 41.7 Å². The van der Waals surface area contributed by atoms with Gasteiger partial charge in [-0.05, 0) is 43.5 Å².